The summed E-state index contributed by atoms with van der Waals surface area (Å²) in [6, 6.07) is 7.28. The van der Waals surface area contributed by atoms with Crippen molar-refractivity contribution in [1.29, 1.82) is 0 Å². The van der Waals surface area contributed by atoms with E-state index in [1.54, 1.807) is 12.1 Å². The number of unbranched alkanes of at least 4 members (excludes halogenated alkanes) is 3. The van der Waals surface area contributed by atoms with Crippen LogP contribution in [-0.2, 0) is 17.6 Å². The van der Waals surface area contributed by atoms with Gasteiger partial charge in [0.1, 0.15) is 5.75 Å². The third-order valence-corrected chi connectivity index (χ3v) is 5.50. The fraction of sp³-hybridized carbons (Fsp3) is 0.542. The molecule has 0 N–H and O–H groups in total. The van der Waals surface area contributed by atoms with Crippen LogP contribution in [-0.4, -0.2) is 22.7 Å². The molecule has 156 valence electrons. The fourth-order valence-corrected chi connectivity index (χ4v) is 3.77. The predicted molar refractivity (Wildman–Crippen MR) is 114 cm³/mol. The monoisotopic (exact) mass is 396 g/mol. The molecule has 0 radical (unpaired) electrons. The van der Waals surface area contributed by atoms with Crippen molar-refractivity contribution in [3.63, 3.8) is 0 Å². The molecule has 29 heavy (non-hydrogen) atoms. The van der Waals surface area contributed by atoms with Gasteiger partial charge in [0, 0.05) is 17.5 Å². The van der Waals surface area contributed by atoms with Crippen molar-refractivity contribution in [2.45, 2.75) is 71.6 Å². The third kappa shape index (κ3) is 6.28. The largest absolute Gasteiger partial charge is 0.513 e. The number of benzene rings is 1. The van der Waals surface area contributed by atoms with E-state index in [1.807, 2.05) is 18.3 Å². The molecule has 0 bridgehead atoms. The summed E-state index contributed by atoms with van der Waals surface area (Å²) in [5.74, 6) is 1.96. The molecule has 0 amide bonds. The lowest BCUT2D eigenvalue weighted by Gasteiger charge is -2.23. The summed E-state index contributed by atoms with van der Waals surface area (Å²) in [7, 11) is 0. The Morgan fingerprint density at radius 3 is 2.66 bits per heavy atom. The summed E-state index contributed by atoms with van der Waals surface area (Å²) in [4.78, 5) is 21.1. The van der Waals surface area contributed by atoms with Gasteiger partial charge in [-0.05, 0) is 61.4 Å². The van der Waals surface area contributed by atoms with Crippen LogP contribution in [0.1, 0.15) is 70.1 Å². The summed E-state index contributed by atoms with van der Waals surface area (Å²) in [5.41, 5.74) is 3.40. The molecule has 1 unspecified atom stereocenters. The van der Waals surface area contributed by atoms with Gasteiger partial charge in [0.05, 0.1) is 6.61 Å². The van der Waals surface area contributed by atoms with Gasteiger partial charge in [-0.15, -0.1) is 0 Å². The second-order valence-corrected chi connectivity index (χ2v) is 7.85. The highest BCUT2D eigenvalue weighted by Crippen LogP contribution is 2.29. The minimum absolute atomic E-state index is 0.396. The summed E-state index contributed by atoms with van der Waals surface area (Å²) in [6.07, 6.45) is 11.6. The Kier molecular flexibility index (Phi) is 8.03. The molecule has 1 aromatic carbocycles. The van der Waals surface area contributed by atoms with Crippen LogP contribution in [0.5, 0.6) is 5.75 Å². The third-order valence-electron chi connectivity index (χ3n) is 5.50. The number of ether oxygens (including phenoxy) is 2. The number of carbonyl (C=O) groups is 1. The molecule has 0 spiro atoms. The first-order valence-corrected chi connectivity index (χ1v) is 11.0. The molecular formula is C24H32N2O3. The van der Waals surface area contributed by atoms with Gasteiger partial charge in [-0.3, -0.25) is 0 Å². The molecule has 1 heterocycles. The molecule has 5 nitrogen and oxygen atoms in total. The maximum Gasteiger partial charge on any atom is 0.513 e. The highest BCUT2D eigenvalue weighted by molar-refractivity contribution is 5.65. The van der Waals surface area contributed by atoms with E-state index in [0.29, 0.717) is 12.4 Å². The van der Waals surface area contributed by atoms with Gasteiger partial charge in [-0.2, -0.15) is 0 Å². The van der Waals surface area contributed by atoms with Crippen LogP contribution in [0.15, 0.2) is 30.5 Å². The second kappa shape index (κ2) is 10.9. The number of hydrogen-bond donors (Lipinski definition) is 0. The average molecular weight is 397 g/mol. The average Bonchev–Trinajstić information content (AvgIpc) is 2.75. The molecule has 1 aliphatic carbocycles. The summed E-state index contributed by atoms with van der Waals surface area (Å²) in [5, 5.41) is 0. The molecule has 1 aromatic heterocycles. The maximum atomic E-state index is 11.7. The van der Waals surface area contributed by atoms with Crippen molar-refractivity contribution < 1.29 is 14.3 Å². The highest BCUT2D eigenvalue weighted by Gasteiger charge is 2.20. The predicted octanol–water partition coefficient (Wildman–Crippen LogP) is 6.14. The van der Waals surface area contributed by atoms with Crippen molar-refractivity contribution in [3.05, 3.63) is 41.7 Å². The smallest absolute Gasteiger partial charge is 0.434 e. The van der Waals surface area contributed by atoms with Gasteiger partial charge < -0.3 is 9.47 Å². The topological polar surface area (TPSA) is 61.3 Å². The number of aryl methyl sites for hydroxylation is 1. The lowest BCUT2D eigenvalue weighted by atomic mass is 9.84. The number of hydrogen-bond acceptors (Lipinski definition) is 5. The fourth-order valence-electron chi connectivity index (χ4n) is 3.77. The van der Waals surface area contributed by atoms with Gasteiger partial charge >= 0.3 is 6.16 Å². The molecule has 2 aromatic rings. The van der Waals surface area contributed by atoms with Gasteiger partial charge in [0.2, 0.25) is 0 Å². The van der Waals surface area contributed by atoms with Gasteiger partial charge in [0.15, 0.2) is 5.82 Å². The second-order valence-electron chi connectivity index (χ2n) is 7.85. The Morgan fingerprint density at radius 1 is 1.10 bits per heavy atom. The van der Waals surface area contributed by atoms with Crippen molar-refractivity contribution in [1.82, 2.24) is 9.97 Å². The van der Waals surface area contributed by atoms with Gasteiger partial charge in [-0.25, -0.2) is 14.8 Å². The van der Waals surface area contributed by atoms with Gasteiger partial charge in [0.25, 0.3) is 0 Å². The van der Waals surface area contributed by atoms with Crippen LogP contribution in [0.25, 0.3) is 11.4 Å². The maximum absolute atomic E-state index is 11.7. The van der Waals surface area contributed by atoms with Crippen LogP contribution in [0, 0.1) is 5.92 Å². The number of aromatic nitrogens is 2. The summed E-state index contributed by atoms with van der Waals surface area (Å²) in [6.45, 7) is 4.75. The minimum Gasteiger partial charge on any atom is -0.434 e. The Labute approximate surface area is 173 Å². The van der Waals surface area contributed by atoms with Crippen molar-refractivity contribution >= 4 is 6.16 Å². The van der Waals surface area contributed by atoms with E-state index in [1.165, 1.54) is 36.9 Å². The van der Waals surface area contributed by atoms with Gasteiger partial charge in [-0.1, -0.05) is 46.0 Å². The van der Waals surface area contributed by atoms with E-state index in [2.05, 4.69) is 18.8 Å². The van der Waals surface area contributed by atoms with Crippen LogP contribution in [0.2, 0.25) is 0 Å². The van der Waals surface area contributed by atoms with Crippen molar-refractivity contribution in [3.8, 4) is 17.1 Å². The molecule has 0 aliphatic heterocycles. The molecule has 5 heteroatoms. The first-order valence-electron chi connectivity index (χ1n) is 11.0. The summed E-state index contributed by atoms with van der Waals surface area (Å²) >= 11 is 0. The number of nitrogens with zero attached hydrogens (tertiary/aromatic N) is 2. The quantitative estimate of drug-likeness (QED) is 0.289. The molecule has 1 atom stereocenters. The van der Waals surface area contributed by atoms with Crippen molar-refractivity contribution in [2.75, 3.05) is 6.61 Å². The molecule has 1 aliphatic rings. The summed E-state index contributed by atoms with van der Waals surface area (Å²) < 4.78 is 10.3. The van der Waals surface area contributed by atoms with Crippen molar-refractivity contribution in [2.24, 2.45) is 5.92 Å². The van der Waals surface area contributed by atoms with E-state index < -0.39 is 6.16 Å². The Bertz CT molecular complexity index is 789. The van der Waals surface area contributed by atoms with Crippen LogP contribution in [0.4, 0.5) is 4.79 Å². The van der Waals surface area contributed by atoms with E-state index in [4.69, 9.17) is 14.5 Å². The normalized spacial score (nSPS) is 15.6. The zero-order chi connectivity index (χ0) is 20.5. The van der Waals surface area contributed by atoms with E-state index >= 15 is 0 Å². The van der Waals surface area contributed by atoms with E-state index in [0.717, 1.165) is 49.4 Å². The van der Waals surface area contributed by atoms with Crippen LogP contribution >= 0.6 is 0 Å². The standard InChI is InChI=1S/C24H32N2O3/c1-3-5-7-15-28-24(27)29-21-12-10-19(11-13-21)23-25-17-20-16-18(8-6-4-2)9-14-22(20)26-23/h10-13,17-18H,3-9,14-16H2,1-2H3. The number of fused-ring (bicyclic) bond motifs is 1. The lowest BCUT2D eigenvalue weighted by Crippen LogP contribution is -2.16. The molecule has 3 rings (SSSR count). The first-order chi connectivity index (χ1) is 14.2. The molecule has 0 saturated heterocycles. The van der Waals surface area contributed by atoms with Crippen LogP contribution in [0.3, 0.4) is 0 Å². The zero-order valence-corrected chi connectivity index (χ0v) is 17.7. The first kappa shape index (κ1) is 21.3. The van der Waals surface area contributed by atoms with E-state index in [9.17, 15) is 4.79 Å². The minimum atomic E-state index is -0.656. The Hall–Kier alpha value is -2.43. The Morgan fingerprint density at radius 2 is 1.90 bits per heavy atom. The van der Waals surface area contributed by atoms with E-state index in [-0.39, 0.29) is 0 Å². The highest BCUT2D eigenvalue weighted by atomic mass is 16.7. The molecule has 0 fully saturated rings. The zero-order valence-electron chi connectivity index (χ0n) is 17.7. The molecule has 0 saturated carbocycles. The Balaban J connectivity index is 1.57. The molecular weight excluding hydrogens is 364 g/mol. The number of rotatable bonds is 9. The number of carbonyl (C=O) groups excluding carboxylic acids is 1. The lowest BCUT2D eigenvalue weighted by molar-refractivity contribution is 0.0974. The SMILES string of the molecule is CCCCCOC(=O)Oc1ccc(-c2ncc3c(n2)CCC(CCCC)C3)cc1. The van der Waals surface area contributed by atoms with Crippen LogP contribution < -0.4 is 4.74 Å².